The second kappa shape index (κ2) is 12.8. The molecule has 6 N–H and O–H groups in total. The Labute approximate surface area is 306 Å². The lowest BCUT2D eigenvalue weighted by Crippen LogP contribution is -2.64. The van der Waals surface area contributed by atoms with Gasteiger partial charge in [-0.3, -0.25) is 4.55 Å². The van der Waals surface area contributed by atoms with E-state index < -0.39 is 67.2 Å². The van der Waals surface area contributed by atoms with Crippen molar-refractivity contribution in [1.82, 2.24) is 9.30 Å². The fourth-order valence-electron chi connectivity index (χ4n) is 9.36. The third-order valence-corrected chi connectivity index (χ3v) is 14.0. The Hall–Kier alpha value is -3.45. The molecule has 2 unspecified atom stereocenters. The molecule has 16 heteroatoms. The maximum absolute atomic E-state index is 14.6. The molecule has 0 aliphatic carbocycles. The number of ether oxygens (including phenoxy) is 2. The molecule has 6 aliphatic rings. The van der Waals surface area contributed by atoms with Gasteiger partial charge in [-0.1, -0.05) is 6.07 Å². The first-order valence-electron chi connectivity index (χ1n) is 18.2. The molecular weight excluding hydrogens is 727 g/mol. The second-order valence-electron chi connectivity index (χ2n) is 14.9. The van der Waals surface area contributed by atoms with Gasteiger partial charge in [-0.2, -0.15) is 8.42 Å². The molecule has 14 nitrogen and oxygen atoms in total. The number of fused-ring (bicyclic) bond motifs is 4. The Kier molecular flexibility index (Phi) is 8.53. The van der Waals surface area contributed by atoms with Crippen LogP contribution in [-0.2, 0) is 50.6 Å². The van der Waals surface area contributed by atoms with Gasteiger partial charge in [0.15, 0.2) is 6.29 Å². The highest BCUT2D eigenvalue weighted by atomic mass is 32.2. The average molecular weight is 769 g/mol. The van der Waals surface area contributed by atoms with Gasteiger partial charge in [-0.15, -0.1) is 0 Å². The minimum atomic E-state index is -4.90. The van der Waals surface area contributed by atoms with Crippen LogP contribution in [0.5, 0.6) is 11.5 Å². The van der Waals surface area contributed by atoms with Crippen molar-refractivity contribution in [3.8, 4) is 11.5 Å². The third-order valence-electron chi connectivity index (χ3n) is 11.7. The lowest BCUT2D eigenvalue weighted by molar-refractivity contribution is -0.251. The summed E-state index contributed by atoms with van der Waals surface area (Å²) in [7, 11) is -9.78. The van der Waals surface area contributed by atoms with Crippen LogP contribution in [-0.4, -0.2) is 105 Å². The van der Waals surface area contributed by atoms with Gasteiger partial charge in [0.1, 0.15) is 48.9 Å². The van der Waals surface area contributed by atoms with Crippen molar-refractivity contribution in [2.75, 3.05) is 37.7 Å². The van der Waals surface area contributed by atoms with E-state index in [1.807, 2.05) is 0 Å². The van der Waals surface area contributed by atoms with Crippen molar-refractivity contribution < 1.29 is 51.3 Å². The molecule has 5 atom stereocenters. The molecule has 9 rings (SSSR count). The van der Waals surface area contributed by atoms with E-state index >= 15 is 0 Å². The molecular formula is C37H42N3O11S2+. The van der Waals surface area contributed by atoms with Crippen molar-refractivity contribution in [2.24, 2.45) is 0 Å². The van der Waals surface area contributed by atoms with Gasteiger partial charge in [-0.25, -0.2) is 17.7 Å². The molecule has 1 fully saturated rings. The zero-order valence-electron chi connectivity index (χ0n) is 28.9. The Balaban J connectivity index is 1.34. The number of benzene rings is 3. The summed E-state index contributed by atoms with van der Waals surface area (Å²) in [6.07, 6.45) is -0.0999. The molecule has 282 valence electrons. The summed E-state index contributed by atoms with van der Waals surface area (Å²) < 4.78 is 81.2. The predicted molar refractivity (Wildman–Crippen MR) is 191 cm³/mol. The molecule has 0 saturated carbocycles. The topological polar surface area (TPSA) is 206 Å². The van der Waals surface area contributed by atoms with Crippen LogP contribution < -0.4 is 29.5 Å². The molecule has 6 aliphatic heterocycles. The first-order valence-corrected chi connectivity index (χ1v) is 21.2. The summed E-state index contributed by atoms with van der Waals surface area (Å²) in [5, 5.41) is 43.5. The molecule has 6 heterocycles. The molecule has 0 spiro atoms. The van der Waals surface area contributed by atoms with Crippen molar-refractivity contribution in [3.63, 3.8) is 0 Å². The molecule has 0 radical (unpaired) electrons. The van der Waals surface area contributed by atoms with Crippen LogP contribution in [0.15, 0.2) is 40.1 Å². The highest BCUT2D eigenvalue weighted by Gasteiger charge is 2.46. The maximum atomic E-state index is 14.6. The van der Waals surface area contributed by atoms with Gasteiger partial charge < -0.3 is 34.8 Å². The molecule has 0 aromatic heterocycles. The Morgan fingerprint density at radius 1 is 0.830 bits per heavy atom. The van der Waals surface area contributed by atoms with E-state index in [1.54, 1.807) is 0 Å². The van der Waals surface area contributed by atoms with Crippen LogP contribution in [0.25, 0.3) is 5.57 Å². The average Bonchev–Trinajstić information content (AvgIpc) is 3.14. The van der Waals surface area contributed by atoms with Crippen LogP contribution in [0.3, 0.4) is 0 Å². The van der Waals surface area contributed by atoms with Gasteiger partial charge in [0.2, 0.25) is 15.4 Å². The number of sulfonamides is 1. The first-order chi connectivity index (χ1) is 25.4. The van der Waals surface area contributed by atoms with Crippen molar-refractivity contribution in [3.05, 3.63) is 74.3 Å². The summed E-state index contributed by atoms with van der Waals surface area (Å²) in [6.45, 7) is 2.98. The third kappa shape index (κ3) is 5.64. The minimum absolute atomic E-state index is 0.122. The predicted octanol–water partition coefficient (Wildman–Crippen LogP) is -0.553. The summed E-state index contributed by atoms with van der Waals surface area (Å²) in [4.78, 5) is 1.18. The van der Waals surface area contributed by atoms with Crippen LogP contribution in [0.2, 0.25) is 0 Å². The van der Waals surface area contributed by atoms with E-state index in [0.717, 1.165) is 123 Å². The molecule has 3 aromatic rings. The number of rotatable bonds is 6. The van der Waals surface area contributed by atoms with E-state index in [-0.39, 0.29) is 5.56 Å². The number of nitrogens with one attached hydrogen (secondary N) is 1. The fourth-order valence-corrected chi connectivity index (χ4v) is 11.4. The maximum Gasteiger partial charge on any atom is 0.294 e. The second-order valence-corrected chi connectivity index (χ2v) is 18.0. The Bertz CT molecular complexity index is 2410. The zero-order valence-corrected chi connectivity index (χ0v) is 30.5. The smallest absolute Gasteiger partial charge is 0.294 e. The van der Waals surface area contributed by atoms with Gasteiger partial charge in [0.05, 0.1) is 22.0 Å². The van der Waals surface area contributed by atoms with Crippen LogP contribution in [0, 0.1) is 0 Å². The number of hydrogen-bond acceptors (Lipinski definition) is 11. The largest absolute Gasteiger partial charge is 0.455 e. The van der Waals surface area contributed by atoms with Gasteiger partial charge in [0, 0.05) is 64.7 Å². The first kappa shape index (κ1) is 35.3. The van der Waals surface area contributed by atoms with E-state index in [1.165, 1.54) is 6.07 Å². The summed E-state index contributed by atoms with van der Waals surface area (Å²) in [5.41, 5.74) is 6.82. The van der Waals surface area contributed by atoms with Gasteiger partial charge >= 0.3 is 0 Å². The normalized spacial score (nSPS) is 26.3. The molecule has 0 amide bonds. The number of aryl methyl sites for hydroxylation is 2. The molecule has 0 bridgehead atoms. The minimum Gasteiger partial charge on any atom is -0.455 e. The van der Waals surface area contributed by atoms with Crippen LogP contribution in [0.1, 0.15) is 59.1 Å². The number of hydrogen-bond donors (Lipinski definition) is 6. The summed E-state index contributed by atoms with van der Waals surface area (Å²) >= 11 is 0. The summed E-state index contributed by atoms with van der Waals surface area (Å²) in [6, 6.07) is 5.71. The lowest BCUT2D eigenvalue weighted by atomic mass is 9.82. The quantitative estimate of drug-likeness (QED) is 0.108. The van der Waals surface area contributed by atoms with E-state index in [4.69, 9.17) is 9.47 Å². The van der Waals surface area contributed by atoms with Crippen LogP contribution in [0.4, 0.5) is 5.69 Å². The monoisotopic (exact) mass is 768 g/mol. The van der Waals surface area contributed by atoms with Gasteiger partial charge in [0.25, 0.3) is 10.1 Å². The lowest BCUT2D eigenvalue weighted by Gasteiger charge is -2.40. The number of aliphatic hydroxyl groups is 4. The zero-order chi connectivity index (χ0) is 37.0. The van der Waals surface area contributed by atoms with Crippen LogP contribution >= 0.6 is 0 Å². The van der Waals surface area contributed by atoms with Crippen molar-refractivity contribution >= 4 is 31.4 Å². The Morgan fingerprint density at radius 2 is 1.55 bits per heavy atom. The standard InChI is InChI=1S/C37H41N3O11S2/c41-18-27-33(42)34(43)30(37(44)50-27)38-52(45,46)28-17-21(53(47,48)49)9-10-22(28)29-25-15-19-5-1-11-39-13-3-7-23(31(19)39)35(25)51-36-24-8-4-14-40-12-2-6-20(32(24)40)16-26(29)36/h9-10,15-17,27,30,33-34,37-38,41-44H,1-8,11-14,18H2/p+1/t27?,30-,33+,34?,37+/m1/s1. The highest BCUT2D eigenvalue weighted by molar-refractivity contribution is 7.89. The molecule has 53 heavy (non-hydrogen) atoms. The number of anilines is 1. The van der Waals surface area contributed by atoms with E-state index in [9.17, 15) is 41.8 Å². The van der Waals surface area contributed by atoms with Crippen molar-refractivity contribution in [1.29, 1.82) is 0 Å². The van der Waals surface area contributed by atoms with Gasteiger partial charge in [-0.05, 0) is 68.4 Å². The van der Waals surface area contributed by atoms with Crippen molar-refractivity contribution in [2.45, 2.75) is 91.8 Å². The highest BCUT2D eigenvalue weighted by Crippen LogP contribution is 2.49. The number of nitrogens with zero attached hydrogens (tertiary/aromatic N) is 2. The Morgan fingerprint density at radius 3 is 2.30 bits per heavy atom. The molecule has 3 aromatic carbocycles. The van der Waals surface area contributed by atoms with E-state index in [0.29, 0.717) is 27.9 Å². The fraction of sp³-hybridized carbons (Fsp3) is 0.486. The van der Waals surface area contributed by atoms with E-state index in [2.05, 4.69) is 26.3 Å². The SMILES string of the molecule is O=S(=O)(O)c1ccc(C2=c3cc4c5c(c3Oc3c2cc2c6c3CCCN6CCC2)CCC[N+]=5CCC4)c(S(=O)(=O)N[C@@H]2C(O)[C@@H](O)C(CO)O[C@@H]2O)c1. The summed E-state index contributed by atoms with van der Waals surface area (Å²) in [5.74, 6) is 1.28. The molecule has 1 saturated heterocycles. The number of aliphatic hydroxyl groups excluding tert-OH is 4.